The van der Waals surface area contributed by atoms with Gasteiger partial charge >= 0.3 is 0 Å². The van der Waals surface area contributed by atoms with Gasteiger partial charge in [-0.05, 0) is 25.8 Å². The van der Waals surface area contributed by atoms with Crippen molar-refractivity contribution in [2.75, 3.05) is 19.8 Å². The highest BCUT2D eigenvalue weighted by atomic mass is 35.5. The Morgan fingerprint density at radius 3 is 2.53 bits per heavy atom. The van der Waals surface area contributed by atoms with Crippen LogP contribution in [0.2, 0.25) is 0 Å². The number of hydrogen-bond donors (Lipinski definition) is 2. The number of benzene rings is 1. The molecule has 0 aliphatic heterocycles. The van der Waals surface area contributed by atoms with E-state index in [2.05, 4.69) is 5.32 Å². The van der Waals surface area contributed by atoms with Gasteiger partial charge in [-0.3, -0.25) is 4.79 Å². The Bertz CT molecular complexity index is 363. The van der Waals surface area contributed by atoms with E-state index in [0.717, 1.165) is 6.42 Å². The van der Waals surface area contributed by atoms with Crippen molar-refractivity contribution in [3.63, 3.8) is 0 Å². The summed E-state index contributed by atoms with van der Waals surface area (Å²) >= 11 is 0. The van der Waals surface area contributed by atoms with Crippen molar-refractivity contribution in [2.45, 2.75) is 25.8 Å². The molecule has 0 atom stereocenters. The number of amides is 1. The van der Waals surface area contributed by atoms with Crippen LogP contribution in [0, 0.1) is 0 Å². The number of nitrogens with one attached hydrogen (secondary N) is 1. The Balaban J connectivity index is 0.00000324. The van der Waals surface area contributed by atoms with Crippen LogP contribution < -0.4 is 11.1 Å². The Hall–Kier alpha value is -1.10. The van der Waals surface area contributed by atoms with E-state index in [9.17, 15) is 4.79 Å². The Labute approximate surface area is 121 Å². The van der Waals surface area contributed by atoms with Crippen LogP contribution in [0.5, 0.6) is 0 Å². The SMILES string of the molecule is CC(C)(N)CNC(=O)COCCc1ccccc1.Cl. The first-order valence-electron chi connectivity index (χ1n) is 6.15. The molecular weight excluding hydrogens is 264 g/mol. The topological polar surface area (TPSA) is 64.3 Å². The van der Waals surface area contributed by atoms with Crippen molar-refractivity contribution in [1.82, 2.24) is 5.32 Å². The van der Waals surface area contributed by atoms with Gasteiger partial charge in [-0.25, -0.2) is 0 Å². The molecule has 4 nitrogen and oxygen atoms in total. The molecule has 0 saturated carbocycles. The average molecular weight is 287 g/mol. The highest BCUT2D eigenvalue weighted by molar-refractivity contribution is 5.85. The van der Waals surface area contributed by atoms with E-state index in [4.69, 9.17) is 10.5 Å². The average Bonchev–Trinajstić information content (AvgIpc) is 2.33. The number of rotatable bonds is 7. The van der Waals surface area contributed by atoms with Crippen LogP contribution in [-0.2, 0) is 16.0 Å². The number of hydrogen-bond acceptors (Lipinski definition) is 3. The summed E-state index contributed by atoms with van der Waals surface area (Å²) < 4.78 is 5.31. The number of ether oxygens (including phenoxy) is 1. The maximum Gasteiger partial charge on any atom is 0.246 e. The van der Waals surface area contributed by atoms with Crippen molar-refractivity contribution in [2.24, 2.45) is 5.73 Å². The Morgan fingerprint density at radius 1 is 1.32 bits per heavy atom. The minimum Gasteiger partial charge on any atom is -0.371 e. The quantitative estimate of drug-likeness (QED) is 0.747. The monoisotopic (exact) mass is 286 g/mol. The van der Waals surface area contributed by atoms with Gasteiger partial charge < -0.3 is 15.8 Å². The Kier molecular flexibility index (Phi) is 8.39. The number of halogens is 1. The molecule has 0 heterocycles. The lowest BCUT2D eigenvalue weighted by molar-refractivity contribution is -0.125. The van der Waals surface area contributed by atoms with Gasteiger partial charge in [0.25, 0.3) is 0 Å². The largest absolute Gasteiger partial charge is 0.371 e. The zero-order valence-electron chi connectivity index (χ0n) is 11.5. The van der Waals surface area contributed by atoms with E-state index in [1.165, 1.54) is 5.56 Å². The molecule has 0 fully saturated rings. The Morgan fingerprint density at radius 2 is 1.95 bits per heavy atom. The van der Waals surface area contributed by atoms with E-state index >= 15 is 0 Å². The third kappa shape index (κ3) is 9.47. The summed E-state index contributed by atoms with van der Waals surface area (Å²) in [5.41, 5.74) is 6.58. The standard InChI is InChI=1S/C14H22N2O2.ClH/c1-14(2,15)11-16-13(17)10-18-9-8-12-6-4-3-5-7-12;/h3-7H,8-11,15H2,1-2H3,(H,16,17);1H. The zero-order chi connectivity index (χ0) is 13.4. The van der Waals surface area contributed by atoms with Crippen LogP contribution in [0.25, 0.3) is 0 Å². The third-order valence-electron chi connectivity index (χ3n) is 2.35. The van der Waals surface area contributed by atoms with Crippen molar-refractivity contribution in [3.05, 3.63) is 35.9 Å². The molecule has 108 valence electrons. The molecule has 3 N–H and O–H groups in total. The van der Waals surface area contributed by atoms with Crippen LogP contribution in [0.15, 0.2) is 30.3 Å². The minimum absolute atomic E-state index is 0. The summed E-state index contributed by atoms with van der Waals surface area (Å²) in [6.45, 7) is 4.81. The normalized spacial score (nSPS) is 10.7. The van der Waals surface area contributed by atoms with Gasteiger partial charge in [0.15, 0.2) is 0 Å². The van der Waals surface area contributed by atoms with Crippen LogP contribution in [0.3, 0.4) is 0 Å². The fourth-order valence-electron chi connectivity index (χ4n) is 1.38. The van der Waals surface area contributed by atoms with E-state index in [1.807, 2.05) is 44.2 Å². The lowest BCUT2D eigenvalue weighted by Crippen LogP contribution is -2.46. The molecule has 1 amide bonds. The van der Waals surface area contributed by atoms with Gasteiger partial charge in [0, 0.05) is 12.1 Å². The van der Waals surface area contributed by atoms with Crippen LogP contribution in [-0.4, -0.2) is 31.2 Å². The lowest BCUT2D eigenvalue weighted by atomic mass is 10.1. The molecule has 0 spiro atoms. The first-order chi connectivity index (χ1) is 8.47. The number of carbonyl (C=O) groups is 1. The summed E-state index contributed by atoms with van der Waals surface area (Å²) in [5, 5.41) is 2.73. The molecule has 1 rings (SSSR count). The van der Waals surface area contributed by atoms with Crippen LogP contribution >= 0.6 is 12.4 Å². The van der Waals surface area contributed by atoms with E-state index in [1.54, 1.807) is 0 Å². The van der Waals surface area contributed by atoms with E-state index in [0.29, 0.717) is 13.2 Å². The van der Waals surface area contributed by atoms with Gasteiger partial charge in [0.05, 0.1) is 6.61 Å². The van der Waals surface area contributed by atoms with Crippen molar-refractivity contribution in [1.29, 1.82) is 0 Å². The predicted octanol–water partition coefficient (Wildman–Crippen LogP) is 1.52. The van der Waals surface area contributed by atoms with Crippen LogP contribution in [0.4, 0.5) is 0 Å². The molecule has 1 aromatic carbocycles. The predicted molar refractivity (Wildman–Crippen MR) is 79.5 cm³/mol. The molecule has 5 heteroatoms. The molecule has 0 bridgehead atoms. The fourth-order valence-corrected chi connectivity index (χ4v) is 1.38. The molecular formula is C14H23ClN2O2. The van der Waals surface area contributed by atoms with Gasteiger partial charge in [0.2, 0.25) is 5.91 Å². The molecule has 0 aliphatic carbocycles. The highest BCUT2D eigenvalue weighted by Gasteiger charge is 2.11. The smallest absolute Gasteiger partial charge is 0.246 e. The number of carbonyl (C=O) groups excluding carboxylic acids is 1. The highest BCUT2D eigenvalue weighted by Crippen LogP contribution is 1.99. The van der Waals surface area contributed by atoms with E-state index < -0.39 is 0 Å². The van der Waals surface area contributed by atoms with Gasteiger partial charge in [0.1, 0.15) is 6.61 Å². The fraction of sp³-hybridized carbons (Fsp3) is 0.500. The number of nitrogens with two attached hydrogens (primary N) is 1. The minimum atomic E-state index is -0.389. The van der Waals surface area contributed by atoms with Gasteiger partial charge in [-0.1, -0.05) is 30.3 Å². The first kappa shape index (κ1) is 17.9. The third-order valence-corrected chi connectivity index (χ3v) is 2.35. The molecule has 1 aromatic rings. The second-order valence-electron chi connectivity index (χ2n) is 5.05. The molecule has 0 saturated heterocycles. The van der Waals surface area contributed by atoms with Gasteiger partial charge in [-0.2, -0.15) is 0 Å². The summed E-state index contributed by atoms with van der Waals surface area (Å²) in [7, 11) is 0. The lowest BCUT2D eigenvalue weighted by Gasteiger charge is -2.18. The maximum absolute atomic E-state index is 11.4. The summed E-state index contributed by atoms with van der Waals surface area (Å²) in [6, 6.07) is 10.0. The van der Waals surface area contributed by atoms with Crippen molar-refractivity contribution < 1.29 is 9.53 Å². The first-order valence-corrected chi connectivity index (χ1v) is 6.15. The molecule has 19 heavy (non-hydrogen) atoms. The molecule has 0 unspecified atom stereocenters. The van der Waals surface area contributed by atoms with Gasteiger partial charge in [-0.15, -0.1) is 12.4 Å². The van der Waals surface area contributed by atoms with E-state index in [-0.39, 0.29) is 30.5 Å². The second-order valence-corrected chi connectivity index (χ2v) is 5.05. The zero-order valence-corrected chi connectivity index (χ0v) is 12.3. The summed E-state index contributed by atoms with van der Waals surface area (Å²) in [6.07, 6.45) is 0.816. The van der Waals surface area contributed by atoms with Crippen LogP contribution in [0.1, 0.15) is 19.4 Å². The molecule has 0 aliphatic rings. The van der Waals surface area contributed by atoms with Crippen molar-refractivity contribution >= 4 is 18.3 Å². The molecule has 0 radical (unpaired) electrons. The summed E-state index contributed by atoms with van der Waals surface area (Å²) in [5.74, 6) is -0.124. The second kappa shape index (κ2) is 8.91. The summed E-state index contributed by atoms with van der Waals surface area (Å²) in [4.78, 5) is 11.4. The maximum atomic E-state index is 11.4. The van der Waals surface area contributed by atoms with Crippen molar-refractivity contribution in [3.8, 4) is 0 Å². The molecule has 0 aromatic heterocycles.